The number of nitrogens with zero attached hydrogens (tertiary/aromatic N) is 1. The molecular weight excluding hydrogens is 313 g/mol. The lowest BCUT2D eigenvalue weighted by molar-refractivity contribution is 0.564. The van der Waals surface area contributed by atoms with Gasteiger partial charge in [-0.15, -0.1) is 24.0 Å². The topological polar surface area (TPSA) is 36.4 Å². The predicted octanol–water partition coefficient (Wildman–Crippen LogP) is 2.37. The van der Waals surface area contributed by atoms with E-state index in [1.165, 1.54) is 19.3 Å². The van der Waals surface area contributed by atoms with Crippen molar-refractivity contribution in [3.05, 3.63) is 0 Å². The molecule has 2 aliphatic rings. The van der Waals surface area contributed by atoms with Crippen LogP contribution in [0.15, 0.2) is 4.99 Å². The molecule has 0 spiro atoms. The number of aliphatic imine (C=N–C) groups is 1. The Hall–Kier alpha value is 0. The first-order valence-corrected chi connectivity index (χ1v) is 6.16. The highest BCUT2D eigenvalue weighted by molar-refractivity contribution is 14.0. The summed E-state index contributed by atoms with van der Waals surface area (Å²) in [5, 5.41) is 6.74. The summed E-state index contributed by atoms with van der Waals surface area (Å²) >= 11 is 0. The van der Waals surface area contributed by atoms with Crippen LogP contribution in [0.4, 0.5) is 0 Å². The van der Waals surface area contributed by atoms with Gasteiger partial charge >= 0.3 is 0 Å². The smallest absolute Gasteiger partial charge is 0.191 e. The molecule has 3 nitrogen and oxygen atoms in total. The minimum atomic E-state index is 0. The van der Waals surface area contributed by atoms with Gasteiger partial charge in [0.1, 0.15) is 0 Å². The molecule has 0 aliphatic heterocycles. The molecule has 0 bridgehead atoms. The standard InChI is InChI=1S/C12H23N3.HI/c1-4-13-11(15-10-5-6-10)14-8-9-7-12(9,2)3;/h9-10H,4-8H2,1-3H3,(H2,13,14,15);1H. The van der Waals surface area contributed by atoms with E-state index in [-0.39, 0.29) is 24.0 Å². The zero-order chi connectivity index (χ0) is 10.9. The molecule has 0 aromatic rings. The number of guanidine groups is 1. The molecule has 0 amide bonds. The lowest BCUT2D eigenvalue weighted by atomic mass is 10.1. The summed E-state index contributed by atoms with van der Waals surface area (Å²) in [4.78, 5) is 4.65. The van der Waals surface area contributed by atoms with Crippen LogP contribution in [0.5, 0.6) is 0 Å². The minimum absolute atomic E-state index is 0. The van der Waals surface area contributed by atoms with Crippen molar-refractivity contribution in [2.45, 2.75) is 46.1 Å². The average Bonchev–Trinajstić information content (AvgIpc) is 3.03. The molecular formula is C12H24IN3. The first kappa shape index (κ1) is 14.1. The van der Waals surface area contributed by atoms with Crippen molar-refractivity contribution in [2.75, 3.05) is 13.1 Å². The molecule has 2 aliphatic carbocycles. The van der Waals surface area contributed by atoms with E-state index in [1.807, 2.05) is 0 Å². The fourth-order valence-electron chi connectivity index (χ4n) is 1.83. The van der Waals surface area contributed by atoms with Crippen LogP contribution in [-0.2, 0) is 0 Å². The van der Waals surface area contributed by atoms with Gasteiger partial charge in [0.05, 0.1) is 0 Å². The highest BCUT2D eigenvalue weighted by Crippen LogP contribution is 2.51. The maximum absolute atomic E-state index is 4.65. The van der Waals surface area contributed by atoms with Crippen LogP contribution >= 0.6 is 24.0 Å². The van der Waals surface area contributed by atoms with E-state index in [0.29, 0.717) is 11.5 Å². The van der Waals surface area contributed by atoms with Crippen molar-refractivity contribution in [1.82, 2.24) is 10.6 Å². The van der Waals surface area contributed by atoms with E-state index in [2.05, 4.69) is 36.4 Å². The number of hydrogen-bond acceptors (Lipinski definition) is 1. The van der Waals surface area contributed by atoms with E-state index in [9.17, 15) is 0 Å². The second-order valence-corrected chi connectivity index (χ2v) is 5.53. The lowest BCUT2D eigenvalue weighted by Crippen LogP contribution is -2.38. The molecule has 1 unspecified atom stereocenters. The molecule has 1 atom stereocenters. The normalized spacial score (nSPS) is 26.9. The minimum Gasteiger partial charge on any atom is -0.357 e. The van der Waals surface area contributed by atoms with Crippen molar-refractivity contribution in [3.8, 4) is 0 Å². The van der Waals surface area contributed by atoms with Crippen molar-refractivity contribution in [1.29, 1.82) is 0 Å². The number of hydrogen-bond donors (Lipinski definition) is 2. The summed E-state index contributed by atoms with van der Waals surface area (Å²) in [6.07, 6.45) is 3.94. The van der Waals surface area contributed by atoms with Gasteiger partial charge in [-0.2, -0.15) is 0 Å². The third kappa shape index (κ3) is 4.11. The van der Waals surface area contributed by atoms with Gasteiger partial charge in [0, 0.05) is 19.1 Å². The van der Waals surface area contributed by atoms with E-state index in [0.717, 1.165) is 25.0 Å². The molecule has 2 rings (SSSR count). The van der Waals surface area contributed by atoms with Gasteiger partial charge in [-0.05, 0) is 37.5 Å². The van der Waals surface area contributed by atoms with Crippen LogP contribution < -0.4 is 10.6 Å². The average molecular weight is 337 g/mol. The van der Waals surface area contributed by atoms with Crippen molar-refractivity contribution in [2.24, 2.45) is 16.3 Å². The Morgan fingerprint density at radius 1 is 1.38 bits per heavy atom. The molecule has 2 saturated carbocycles. The fourth-order valence-corrected chi connectivity index (χ4v) is 1.83. The van der Waals surface area contributed by atoms with Gasteiger partial charge in [0.15, 0.2) is 5.96 Å². The summed E-state index contributed by atoms with van der Waals surface area (Å²) in [5.41, 5.74) is 0.542. The third-order valence-electron chi connectivity index (χ3n) is 3.45. The van der Waals surface area contributed by atoms with Crippen molar-refractivity contribution < 1.29 is 0 Å². The zero-order valence-electron chi connectivity index (χ0n) is 10.5. The number of halogens is 1. The molecule has 4 heteroatoms. The Balaban J connectivity index is 0.00000128. The highest BCUT2D eigenvalue weighted by atomic mass is 127. The first-order valence-electron chi connectivity index (χ1n) is 6.16. The Morgan fingerprint density at radius 3 is 2.44 bits per heavy atom. The summed E-state index contributed by atoms with van der Waals surface area (Å²) in [5.74, 6) is 1.81. The van der Waals surface area contributed by atoms with Gasteiger partial charge in [-0.1, -0.05) is 13.8 Å². The Kier molecular flexibility index (Phi) is 4.88. The molecule has 0 heterocycles. The van der Waals surface area contributed by atoms with Crippen LogP contribution in [0.1, 0.15) is 40.0 Å². The SMILES string of the molecule is CCNC(=NCC1CC1(C)C)NC1CC1.I. The summed E-state index contributed by atoms with van der Waals surface area (Å²) in [6.45, 7) is 8.70. The summed E-state index contributed by atoms with van der Waals surface area (Å²) < 4.78 is 0. The van der Waals surface area contributed by atoms with Crippen LogP contribution in [-0.4, -0.2) is 25.1 Å². The fraction of sp³-hybridized carbons (Fsp3) is 0.917. The molecule has 2 N–H and O–H groups in total. The summed E-state index contributed by atoms with van der Waals surface area (Å²) in [7, 11) is 0. The monoisotopic (exact) mass is 337 g/mol. The largest absolute Gasteiger partial charge is 0.357 e. The lowest BCUT2D eigenvalue weighted by Gasteiger charge is -2.10. The molecule has 0 aromatic heterocycles. The molecule has 0 aromatic carbocycles. The first-order chi connectivity index (χ1) is 7.12. The van der Waals surface area contributed by atoms with Gasteiger partial charge in [0.2, 0.25) is 0 Å². The quantitative estimate of drug-likeness (QED) is 0.469. The van der Waals surface area contributed by atoms with Crippen molar-refractivity contribution >= 4 is 29.9 Å². The molecule has 16 heavy (non-hydrogen) atoms. The van der Waals surface area contributed by atoms with Crippen LogP contribution in [0.25, 0.3) is 0 Å². The predicted molar refractivity (Wildman–Crippen MR) is 79.4 cm³/mol. The third-order valence-corrected chi connectivity index (χ3v) is 3.45. The summed E-state index contributed by atoms with van der Waals surface area (Å²) in [6, 6.07) is 0.690. The van der Waals surface area contributed by atoms with Gasteiger partial charge < -0.3 is 10.6 Å². The zero-order valence-corrected chi connectivity index (χ0v) is 12.9. The van der Waals surface area contributed by atoms with Gasteiger partial charge in [-0.3, -0.25) is 4.99 Å². The van der Waals surface area contributed by atoms with E-state index >= 15 is 0 Å². The van der Waals surface area contributed by atoms with Crippen molar-refractivity contribution in [3.63, 3.8) is 0 Å². The van der Waals surface area contributed by atoms with Crippen LogP contribution in [0.3, 0.4) is 0 Å². The number of nitrogens with one attached hydrogen (secondary N) is 2. The molecule has 94 valence electrons. The Bertz CT molecular complexity index is 259. The van der Waals surface area contributed by atoms with E-state index in [4.69, 9.17) is 0 Å². The highest BCUT2D eigenvalue weighted by Gasteiger charge is 2.45. The van der Waals surface area contributed by atoms with E-state index < -0.39 is 0 Å². The van der Waals surface area contributed by atoms with E-state index in [1.54, 1.807) is 0 Å². The van der Waals surface area contributed by atoms with Gasteiger partial charge in [0.25, 0.3) is 0 Å². The Morgan fingerprint density at radius 2 is 2.00 bits per heavy atom. The second-order valence-electron chi connectivity index (χ2n) is 5.53. The van der Waals surface area contributed by atoms with Crippen LogP contribution in [0.2, 0.25) is 0 Å². The maximum atomic E-state index is 4.65. The van der Waals surface area contributed by atoms with Crippen LogP contribution in [0, 0.1) is 11.3 Å². The molecule has 2 fully saturated rings. The number of rotatable bonds is 4. The molecule has 0 radical (unpaired) electrons. The molecule has 0 saturated heterocycles. The van der Waals surface area contributed by atoms with Gasteiger partial charge in [-0.25, -0.2) is 0 Å². The second kappa shape index (κ2) is 5.56. The maximum Gasteiger partial charge on any atom is 0.191 e. The Labute approximate surface area is 116 Å².